The van der Waals surface area contributed by atoms with Gasteiger partial charge in [0.05, 0.1) is 18.7 Å². The van der Waals surface area contributed by atoms with E-state index in [9.17, 15) is 4.79 Å². The molecule has 0 aliphatic heterocycles. The fourth-order valence-corrected chi connectivity index (χ4v) is 2.54. The highest BCUT2D eigenvalue weighted by molar-refractivity contribution is 7.13. The van der Waals surface area contributed by atoms with Gasteiger partial charge < -0.3 is 10.1 Å². The first-order valence-electron chi connectivity index (χ1n) is 6.96. The van der Waals surface area contributed by atoms with E-state index in [0.29, 0.717) is 19.4 Å². The van der Waals surface area contributed by atoms with E-state index in [4.69, 9.17) is 4.74 Å². The average Bonchev–Trinajstić information content (AvgIpc) is 3.13. The molecule has 2 aromatic rings. The molecule has 7 nitrogen and oxygen atoms in total. The van der Waals surface area contributed by atoms with Crippen LogP contribution < -0.4 is 5.32 Å². The van der Waals surface area contributed by atoms with Gasteiger partial charge in [-0.1, -0.05) is 0 Å². The Morgan fingerprint density at radius 3 is 3.14 bits per heavy atom. The summed E-state index contributed by atoms with van der Waals surface area (Å²) in [6.45, 7) is 3.06. The van der Waals surface area contributed by atoms with E-state index in [1.165, 1.54) is 6.33 Å². The number of aromatic nitrogens is 4. The molecule has 0 bridgehead atoms. The van der Waals surface area contributed by atoms with Crippen LogP contribution in [0.4, 0.5) is 5.13 Å². The number of aryl methyl sites for hydroxylation is 2. The quantitative estimate of drug-likeness (QED) is 0.542. The van der Waals surface area contributed by atoms with E-state index in [1.807, 2.05) is 12.3 Å². The van der Waals surface area contributed by atoms with Crippen LogP contribution in [0.2, 0.25) is 0 Å². The molecule has 0 fully saturated rings. The number of H-pyrrole nitrogens is 1. The molecule has 0 aliphatic carbocycles. The minimum atomic E-state index is -0.174. The summed E-state index contributed by atoms with van der Waals surface area (Å²) in [4.78, 5) is 19.8. The number of hydrogen-bond donors (Lipinski definition) is 2. The Labute approximate surface area is 127 Å². The van der Waals surface area contributed by atoms with Gasteiger partial charge in [0.2, 0.25) is 0 Å². The lowest BCUT2D eigenvalue weighted by Crippen LogP contribution is -2.06. The third-order valence-corrected chi connectivity index (χ3v) is 3.62. The molecule has 0 spiro atoms. The first-order valence-corrected chi connectivity index (χ1v) is 7.84. The number of anilines is 1. The van der Waals surface area contributed by atoms with Crippen LogP contribution in [0.15, 0.2) is 11.7 Å². The van der Waals surface area contributed by atoms with Gasteiger partial charge in [0.25, 0.3) is 0 Å². The largest absolute Gasteiger partial charge is 0.466 e. The molecule has 114 valence electrons. The Balaban J connectivity index is 1.64. The van der Waals surface area contributed by atoms with Crippen LogP contribution in [0.3, 0.4) is 0 Å². The Morgan fingerprint density at radius 2 is 2.38 bits per heavy atom. The minimum absolute atomic E-state index is 0.174. The third kappa shape index (κ3) is 5.50. The van der Waals surface area contributed by atoms with E-state index in [0.717, 1.165) is 36.0 Å². The van der Waals surface area contributed by atoms with E-state index in [1.54, 1.807) is 11.3 Å². The smallest absolute Gasteiger partial charge is 0.306 e. The molecule has 0 unspecified atom stereocenters. The summed E-state index contributed by atoms with van der Waals surface area (Å²) in [7, 11) is 0. The van der Waals surface area contributed by atoms with Crippen LogP contribution in [0, 0.1) is 0 Å². The van der Waals surface area contributed by atoms with Crippen molar-refractivity contribution in [2.45, 2.75) is 32.6 Å². The molecule has 0 atom stereocenters. The first kappa shape index (κ1) is 15.4. The van der Waals surface area contributed by atoms with E-state index in [-0.39, 0.29) is 5.97 Å². The fourth-order valence-electron chi connectivity index (χ4n) is 1.77. The van der Waals surface area contributed by atoms with Crippen molar-refractivity contribution in [2.75, 3.05) is 18.5 Å². The van der Waals surface area contributed by atoms with E-state index in [2.05, 4.69) is 25.5 Å². The number of hydrogen-bond acceptors (Lipinski definition) is 7. The Bertz CT molecular complexity index is 541. The number of carbonyl (C=O) groups is 1. The van der Waals surface area contributed by atoms with Gasteiger partial charge in [-0.25, -0.2) is 9.97 Å². The average molecular weight is 309 g/mol. The molecule has 0 aliphatic rings. The second-order valence-corrected chi connectivity index (χ2v) is 5.27. The number of nitrogens with zero attached hydrogens (tertiary/aromatic N) is 3. The van der Waals surface area contributed by atoms with Crippen molar-refractivity contribution in [1.82, 2.24) is 20.2 Å². The predicted octanol–water partition coefficient (Wildman–Crippen LogP) is 1.80. The Hall–Kier alpha value is -1.96. The molecule has 0 saturated heterocycles. The zero-order chi connectivity index (χ0) is 14.9. The highest BCUT2D eigenvalue weighted by Gasteiger charge is 2.06. The van der Waals surface area contributed by atoms with E-state index < -0.39 is 0 Å². The van der Waals surface area contributed by atoms with Gasteiger partial charge in [0, 0.05) is 24.8 Å². The van der Waals surface area contributed by atoms with Crippen molar-refractivity contribution in [3.05, 3.63) is 23.2 Å². The number of nitrogens with one attached hydrogen (secondary N) is 2. The van der Waals surface area contributed by atoms with Gasteiger partial charge in [-0.3, -0.25) is 9.89 Å². The van der Waals surface area contributed by atoms with Crippen LogP contribution >= 0.6 is 11.3 Å². The molecule has 2 rings (SSSR count). The van der Waals surface area contributed by atoms with Gasteiger partial charge in [0.1, 0.15) is 12.2 Å². The Kier molecular flexibility index (Phi) is 6.14. The summed E-state index contributed by atoms with van der Waals surface area (Å²) < 4.78 is 4.89. The summed E-state index contributed by atoms with van der Waals surface area (Å²) in [5.74, 6) is 0.720. The molecule has 2 aromatic heterocycles. The molecule has 8 heteroatoms. The van der Waals surface area contributed by atoms with Crippen molar-refractivity contribution in [2.24, 2.45) is 0 Å². The maximum atomic E-state index is 11.3. The lowest BCUT2D eigenvalue weighted by molar-refractivity contribution is -0.143. The van der Waals surface area contributed by atoms with Crippen molar-refractivity contribution >= 4 is 22.4 Å². The zero-order valence-electron chi connectivity index (χ0n) is 12.0. The molecule has 0 saturated carbocycles. The standard InChI is InChI=1S/C13H19N5O2S/c1-2-20-12(19)6-5-10-8-21-13(17-10)14-7-3-4-11-15-9-16-18-11/h8-9H,2-7H2,1H3,(H,14,17)(H,15,16,18). The molecule has 0 aromatic carbocycles. The second-order valence-electron chi connectivity index (χ2n) is 4.41. The maximum Gasteiger partial charge on any atom is 0.306 e. The number of thiazole rings is 1. The molecule has 21 heavy (non-hydrogen) atoms. The highest BCUT2D eigenvalue weighted by atomic mass is 32.1. The van der Waals surface area contributed by atoms with Crippen LogP contribution in [0.1, 0.15) is 31.3 Å². The van der Waals surface area contributed by atoms with Crippen molar-refractivity contribution in [3.8, 4) is 0 Å². The van der Waals surface area contributed by atoms with Gasteiger partial charge >= 0.3 is 5.97 Å². The van der Waals surface area contributed by atoms with Gasteiger partial charge in [-0.05, 0) is 13.3 Å². The van der Waals surface area contributed by atoms with E-state index >= 15 is 0 Å². The van der Waals surface area contributed by atoms with Crippen LogP contribution in [-0.4, -0.2) is 39.3 Å². The maximum absolute atomic E-state index is 11.3. The van der Waals surface area contributed by atoms with Crippen molar-refractivity contribution in [3.63, 3.8) is 0 Å². The molecular formula is C13H19N5O2S. The lowest BCUT2D eigenvalue weighted by atomic mass is 10.2. The molecule has 0 radical (unpaired) electrons. The number of carbonyl (C=O) groups excluding carboxylic acids is 1. The number of ether oxygens (including phenoxy) is 1. The third-order valence-electron chi connectivity index (χ3n) is 2.77. The SMILES string of the molecule is CCOC(=O)CCc1csc(NCCCc2ncn[nH]2)n1. The summed E-state index contributed by atoms with van der Waals surface area (Å²) in [6, 6.07) is 0. The Morgan fingerprint density at radius 1 is 1.48 bits per heavy atom. The zero-order valence-corrected chi connectivity index (χ0v) is 12.8. The molecule has 2 N–H and O–H groups in total. The normalized spacial score (nSPS) is 10.5. The van der Waals surface area contributed by atoms with Crippen molar-refractivity contribution < 1.29 is 9.53 Å². The van der Waals surface area contributed by atoms with Gasteiger partial charge in [-0.15, -0.1) is 11.3 Å². The molecular weight excluding hydrogens is 290 g/mol. The molecule has 2 heterocycles. The monoisotopic (exact) mass is 309 g/mol. The van der Waals surface area contributed by atoms with Crippen LogP contribution in [0.5, 0.6) is 0 Å². The van der Waals surface area contributed by atoms with Crippen LogP contribution in [-0.2, 0) is 22.4 Å². The highest BCUT2D eigenvalue weighted by Crippen LogP contribution is 2.16. The summed E-state index contributed by atoms with van der Waals surface area (Å²) in [5.41, 5.74) is 0.922. The minimum Gasteiger partial charge on any atom is -0.466 e. The number of rotatable bonds is 9. The van der Waals surface area contributed by atoms with Gasteiger partial charge in [-0.2, -0.15) is 5.10 Å². The molecule has 0 amide bonds. The summed E-state index contributed by atoms with van der Waals surface area (Å²) in [6.07, 6.45) is 4.32. The topological polar surface area (TPSA) is 92.8 Å². The number of esters is 1. The predicted molar refractivity (Wildman–Crippen MR) is 80.3 cm³/mol. The fraction of sp³-hybridized carbons (Fsp3) is 0.538. The lowest BCUT2D eigenvalue weighted by Gasteiger charge is -2.01. The first-order chi connectivity index (χ1) is 10.3. The second kappa shape index (κ2) is 8.35. The van der Waals surface area contributed by atoms with Crippen molar-refractivity contribution in [1.29, 1.82) is 0 Å². The van der Waals surface area contributed by atoms with Gasteiger partial charge in [0.15, 0.2) is 5.13 Å². The number of aromatic amines is 1. The summed E-state index contributed by atoms with van der Waals surface area (Å²) >= 11 is 1.55. The van der Waals surface area contributed by atoms with Crippen LogP contribution in [0.25, 0.3) is 0 Å². The summed E-state index contributed by atoms with van der Waals surface area (Å²) in [5, 5.41) is 12.8.